The summed E-state index contributed by atoms with van der Waals surface area (Å²) in [4.78, 5) is 11.3. The maximum Gasteiger partial charge on any atom is 0.544 e. The molecule has 0 fully saturated rings. The quantitative estimate of drug-likeness (QED) is 0.381. The molecule has 0 aliphatic heterocycles. The molecule has 0 amide bonds. The topological polar surface area (TPSA) is 54.0 Å². The highest BCUT2D eigenvalue weighted by atomic mass is 32.1. The van der Waals surface area contributed by atoms with Crippen molar-refractivity contribution in [1.29, 1.82) is 0 Å². The van der Waals surface area contributed by atoms with Crippen LogP contribution in [0.15, 0.2) is 0 Å². The van der Waals surface area contributed by atoms with Crippen LogP contribution in [0.4, 0.5) is 0 Å². The number of hydrogen-bond donors (Lipinski definition) is 1. The number of hydrogen-bond acceptors (Lipinski definition) is 6. The molecule has 0 aromatic carbocycles. The van der Waals surface area contributed by atoms with Gasteiger partial charge in [-0.3, -0.25) is 4.79 Å². The van der Waals surface area contributed by atoms with E-state index >= 15 is 0 Å². The Bertz CT molecular complexity index is 245. The van der Waals surface area contributed by atoms with Crippen molar-refractivity contribution in [1.82, 2.24) is 0 Å². The molecule has 2 atom stereocenters. The number of esters is 1. The molecule has 0 saturated heterocycles. The van der Waals surface area contributed by atoms with Crippen molar-refractivity contribution in [3.8, 4) is 0 Å². The highest BCUT2D eigenvalue weighted by Crippen LogP contribution is 2.23. The van der Waals surface area contributed by atoms with Gasteiger partial charge in [-0.05, 0) is 20.8 Å². The SMILES string of the molecule is CCO[Si](OCC)(OCC)C(CC(C)S)OC(C)=O. The average molecular weight is 310 g/mol. The van der Waals surface area contributed by atoms with Gasteiger partial charge in [0.25, 0.3) is 0 Å². The summed E-state index contributed by atoms with van der Waals surface area (Å²) in [6, 6.07) is 0. The Kier molecular flexibility index (Phi) is 9.72. The Labute approximate surface area is 122 Å². The van der Waals surface area contributed by atoms with E-state index in [4.69, 9.17) is 18.0 Å². The third kappa shape index (κ3) is 6.76. The molecule has 0 spiro atoms. The number of carbonyl (C=O) groups is 1. The summed E-state index contributed by atoms with van der Waals surface area (Å²) >= 11 is 4.36. The fourth-order valence-electron chi connectivity index (χ4n) is 1.78. The molecule has 0 bridgehead atoms. The van der Waals surface area contributed by atoms with E-state index in [2.05, 4.69) is 12.6 Å². The maximum atomic E-state index is 11.3. The minimum Gasteiger partial charge on any atom is -0.458 e. The summed E-state index contributed by atoms with van der Waals surface area (Å²) in [5.74, 6) is -0.366. The highest BCUT2D eigenvalue weighted by molar-refractivity contribution is 7.80. The smallest absolute Gasteiger partial charge is 0.458 e. The van der Waals surface area contributed by atoms with Gasteiger partial charge < -0.3 is 18.0 Å². The van der Waals surface area contributed by atoms with Crippen LogP contribution in [0.5, 0.6) is 0 Å². The third-order valence-corrected chi connectivity index (χ3v) is 5.72. The summed E-state index contributed by atoms with van der Waals surface area (Å²) in [5.41, 5.74) is -0.516. The molecule has 0 aliphatic carbocycles. The van der Waals surface area contributed by atoms with Crippen molar-refractivity contribution in [3.63, 3.8) is 0 Å². The molecular weight excluding hydrogens is 284 g/mol. The lowest BCUT2D eigenvalue weighted by atomic mass is 10.3. The summed E-state index contributed by atoms with van der Waals surface area (Å²) in [6.07, 6.45) is 0.537. The first-order valence-corrected chi connectivity index (χ1v) is 9.00. The number of rotatable bonds is 10. The molecular formula is C12H26O5SSi. The average Bonchev–Trinajstić information content (AvgIpc) is 2.27. The van der Waals surface area contributed by atoms with E-state index in [-0.39, 0.29) is 11.2 Å². The molecule has 0 aliphatic rings. The van der Waals surface area contributed by atoms with Crippen molar-refractivity contribution >= 4 is 27.4 Å². The molecule has 0 aromatic rings. The molecule has 0 radical (unpaired) electrons. The lowest BCUT2D eigenvalue weighted by molar-refractivity contribution is -0.146. The van der Waals surface area contributed by atoms with Crippen molar-refractivity contribution in [2.45, 2.75) is 52.0 Å². The maximum absolute atomic E-state index is 11.3. The highest BCUT2D eigenvalue weighted by Gasteiger charge is 2.52. The fraction of sp³-hybridized carbons (Fsp3) is 0.917. The first-order valence-electron chi connectivity index (χ1n) is 6.68. The second-order valence-corrected chi connectivity index (χ2v) is 7.68. The van der Waals surface area contributed by atoms with Gasteiger partial charge in [0.15, 0.2) is 5.73 Å². The normalized spacial score (nSPS) is 15.1. The van der Waals surface area contributed by atoms with Gasteiger partial charge in [-0.15, -0.1) is 0 Å². The lowest BCUT2D eigenvalue weighted by Gasteiger charge is -2.35. The van der Waals surface area contributed by atoms with Gasteiger partial charge >= 0.3 is 14.8 Å². The molecule has 114 valence electrons. The molecule has 5 nitrogen and oxygen atoms in total. The molecule has 7 heteroatoms. The zero-order valence-electron chi connectivity index (χ0n) is 12.5. The van der Waals surface area contributed by atoms with Crippen molar-refractivity contribution < 1.29 is 22.8 Å². The summed E-state index contributed by atoms with van der Waals surface area (Å²) in [5, 5.41) is 0.0533. The monoisotopic (exact) mass is 310 g/mol. The van der Waals surface area contributed by atoms with Gasteiger partial charge in [-0.2, -0.15) is 12.6 Å². The molecule has 0 rings (SSSR count). The van der Waals surface area contributed by atoms with E-state index in [0.717, 1.165) is 0 Å². The molecule has 0 saturated carbocycles. The molecule has 19 heavy (non-hydrogen) atoms. The first kappa shape index (κ1) is 18.9. The van der Waals surface area contributed by atoms with Crippen LogP contribution in [0, 0.1) is 0 Å². The van der Waals surface area contributed by atoms with Crippen molar-refractivity contribution in [2.24, 2.45) is 0 Å². The molecule has 2 unspecified atom stereocenters. The second kappa shape index (κ2) is 9.76. The Hall–Kier alpha value is -0.0831. The molecule has 0 N–H and O–H groups in total. The summed E-state index contributed by atoms with van der Waals surface area (Å²) in [7, 11) is -3.04. The van der Waals surface area contributed by atoms with Crippen LogP contribution in [0.2, 0.25) is 0 Å². The van der Waals surface area contributed by atoms with E-state index in [9.17, 15) is 4.79 Å². The van der Waals surface area contributed by atoms with E-state index < -0.39 is 14.5 Å². The number of thiol groups is 1. The van der Waals surface area contributed by atoms with Gasteiger partial charge in [-0.25, -0.2) is 0 Å². The Morgan fingerprint density at radius 3 is 1.79 bits per heavy atom. The van der Waals surface area contributed by atoms with Gasteiger partial charge in [0.05, 0.1) is 0 Å². The van der Waals surface area contributed by atoms with Crippen LogP contribution in [0.3, 0.4) is 0 Å². The summed E-state index contributed by atoms with van der Waals surface area (Å²) < 4.78 is 22.7. The van der Waals surface area contributed by atoms with Crippen LogP contribution >= 0.6 is 12.6 Å². The van der Waals surface area contributed by atoms with Crippen LogP contribution in [0.1, 0.15) is 41.0 Å². The van der Waals surface area contributed by atoms with E-state index in [1.165, 1.54) is 6.92 Å². The standard InChI is InChI=1S/C12H26O5SSi/c1-6-14-19(15-7-2,16-8-3)12(9-10(4)18)17-11(5)13/h10,12,18H,6-9H2,1-5H3. The van der Waals surface area contributed by atoms with Crippen molar-refractivity contribution in [2.75, 3.05) is 19.8 Å². The predicted octanol–water partition coefficient (Wildman–Crippen LogP) is 2.21. The second-order valence-electron chi connectivity index (χ2n) is 4.09. The summed E-state index contributed by atoms with van der Waals surface area (Å²) in [6.45, 7) is 10.3. The number of carbonyl (C=O) groups excluding carboxylic acids is 1. The largest absolute Gasteiger partial charge is 0.544 e. The predicted molar refractivity (Wildman–Crippen MR) is 79.3 cm³/mol. The van der Waals surface area contributed by atoms with E-state index in [1.54, 1.807) is 0 Å². The molecule has 0 heterocycles. The van der Waals surface area contributed by atoms with Crippen LogP contribution in [-0.2, 0) is 22.8 Å². The van der Waals surface area contributed by atoms with E-state index in [0.29, 0.717) is 26.2 Å². The van der Waals surface area contributed by atoms with Crippen LogP contribution in [-0.4, -0.2) is 45.6 Å². The Balaban J connectivity index is 5.20. The zero-order chi connectivity index (χ0) is 14.9. The Morgan fingerprint density at radius 2 is 1.53 bits per heavy atom. The van der Waals surface area contributed by atoms with Gasteiger partial charge in [0.1, 0.15) is 0 Å². The Morgan fingerprint density at radius 1 is 1.11 bits per heavy atom. The van der Waals surface area contributed by atoms with Gasteiger partial charge in [-0.1, -0.05) is 6.92 Å². The number of ether oxygens (including phenoxy) is 1. The zero-order valence-corrected chi connectivity index (χ0v) is 14.4. The first-order chi connectivity index (χ1) is 8.91. The fourth-order valence-corrected chi connectivity index (χ4v) is 5.14. The van der Waals surface area contributed by atoms with Crippen LogP contribution in [0.25, 0.3) is 0 Å². The van der Waals surface area contributed by atoms with E-state index in [1.807, 2.05) is 27.7 Å². The van der Waals surface area contributed by atoms with Crippen LogP contribution < -0.4 is 0 Å². The van der Waals surface area contributed by atoms with Gasteiger partial charge in [0, 0.05) is 38.4 Å². The molecule has 0 aromatic heterocycles. The lowest BCUT2D eigenvalue weighted by Crippen LogP contribution is -2.58. The third-order valence-electron chi connectivity index (χ3n) is 2.29. The van der Waals surface area contributed by atoms with Crippen molar-refractivity contribution in [3.05, 3.63) is 0 Å². The minimum atomic E-state index is -3.04. The van der Waals surface area contributed by atoms with Gasteiger partial charge in [0.2, 0.25) is 0 Å². The minimum absolute atomic E-state index is 0.0533.